The molecule has 0 saturated carbocycles. The number of hydrogen-bond acceptors (Lipinski definition) is 7. The minimum absolute atomic E-state index is 0.209. The molecule has 0 atom stereocenters. The van der Waals surface area contributed by atoms with Crippen LogP contribution in [0.5, 0.6) is 5.75 Å². The molecule has 3 aromatic rings. The number of carboxylic acids is 2. The summed E-state index contributed by atoms with van der Waals surface area (Å²) in [5.74, 6) is -1.90. The molecular formula is C27H28ClN5O7. The Kier molecular flexibility index (Phi) is 11.6. The third kappa shape index (κ3) is 9.72. The van der Waals surface area contributed by atoms with Gasteiger partial charge in [0.25, 0.3) is 11.8 Å². The van der Waals surface area contributed by atoms with E-state index in [1.54, 1.807) is 67.5 Å². The Balaban J connectivity index is 0.000000611. The van der Waals surface area contributed by atoms with Crippen molar-refractivity contribution in [2.75, 3.05) is 31.8 Å². The summed E-state index contributed by atoms with van der Waals surface area (Å²) in [5, 5.41) is 29.7. The van der Waals surface area contributed by atoms with Crippen LogP contribution >= 0.6 is 11.6 Å². The predicted octanol–water partition coefficient (Wildman–Crippen LogP) is 4.07. The maximum absolute atomic E-state index is 12.9. The summed E-state index contributed by atoms with van der Waals surface area (Å²) in [7, 11) is 5.04. The molecule has 40 heavy (non-hydrogen) atoms. The number of nitrogens with one attached hydrogen (secondary N) is 3. The lowest BCUT2D eigenvalue weighted by atomic mass is 10.1. The van der Waals surface area contributed by atoms with E-state index in [1.807, 2.05) is 0 Å². The number of rotatable bonds is 9. The second-order valence-electron chi connectivity index (χ2n) is 8.29. The Bertz CT molecular complexity index is 1360. The predicted molar refractivity (Wildman–Crippen MR) is 150 cm³/mol. The Morgan fingerprint density at radius 3 is 2.00 bits per heavy atom. The van der Waals surface area contributed by atoms with Gasteiger partial charge in [-0.05, 0) is 42.5 Å². The van der Waals surface area contributed by atoms with Crippen LogP contribution in [-0.2, 0) is 9.59 Å². The number of aromatic nitrogens is 1. The molecule has 0 radical (unpaired) electrons. The first kappa shape index (κ1) is 31.2. The van der Waals surface area contributed by atoms with E-state index in [1.165, 1.54) is 19.4 Å². The van der Waals surface area contributed by atoms with E-state index in [0.717, 1.165) is 0 Å². The van der Waals surface area contributed by atoms with Gasteiger partial charge in [0, 0.05) is 31.4 Å². The van der Waals surface area contributed by atoms with Crippen LogP contribution in [-0.4, -0.2) is 70.9 Å². The summed E-state index contributed by atoms with van der Waals surface area (Å²) in [5.41, 5.74) is 1.60. The quantitative estimate of drug-likeness (QED) is 0.187. The molecule has 13 heteroatoms. The Morgan fingerprint density at radius 1 is 0.900 bits per heavy atom. The summed E-state index contributed by atoms with van der Waals surface area (Å²) in [6.07, 6.45) is 0.829. The van der Waals surface area contributed by atoms with Gasteiger partial charge < -0.3 is 30.5 Å². The highest BCUT2D eigenvalue weighted by Crippen LogP contribution is 2.24. The van der Waals surface area contributed by atoms with E-state index in [-0.39, 0.29) is 18.4 Å². The van der Waals surface area contributed by atoms with Crippen LogP contribution in [0.4, 0.5) is 11.5 Å². The molecule has 5 N–H and O–H groups in total. The molecule has 0 aliphatic carbocycles. The molecule has 2 amide bonds. The fourth-order valence-corrected chi connectivity index (χ4v) is 3.14. The number of amides is 2. The number of pyridine rings is 1. The summed E-state index contributed by atoms with van der Waals surface area (Å²) in [6, 6.07) is 14.6. The molecule has 0 bridgehead atoms. The standard InChI is InChI=1S/C23H22ClN5O3.C4H6O4/c1-29(2)21(25)14-4-6-15(7-5-14)22(30)27-19-10-9-17(32-3)12-18(19)23(31)28-20-11-8-16(24)13-26-20;5-3(6)1-2-4(7)8/h4-13,25H,1-3H3,(H,27,30)(H,26,28,31);1-2H2,(H,5,6)(H,7,8). The van der Waals surface area contributed by atoms with E-state index < -0.39 is 23.8 Å². The second kappa shape index (κ2) is 14.8. The highest BCUT2D eigenvalue weighted by Gasteiger charge is 2.17. The van der Waals surface area contributed by atoms with Crippen molar-refractivity contribution in [1.82, 2.24) is 9.88 Å². The average molecular weight is 570 g/mol. The van der Waals surface area contributed by atoms with Crippen LogP contribution in [0.15, 0.2) is 60.8 Å². The lowest BCUT2D eigenvalue weighted by molar-refractivity contribution is -0.143. The number of amidine groups is 1. The zero-order chi connectivity index (χ0) is 29.8. The summed E-state index contributed by atoms with van der Waals surface area (Å²) in [6.45, 7) is 0. The van der Waals surface area contributed by atoms with Crippen LogP contribution in [0.1, 0.15) is 39.1 Å². The van der Waals surface area contributed by atoms with Crippen LogP contribution < -0.4 is 15.4 Å². The van der Waals surface area contributed by atoms with E-state index in [2.05, 4.69) is 15.6 Å². The maximum atomic E-state index is 12.9. The minimum Gasteiger partial charge on any atom is -0.497 e. The molecule has 1 heterocycles. The van der Waals surface area contributed by atoms with Gasteiger partial charge in [0.15, 0.2) is 0 Å². The third-order valence-corrected chi connectivity index (χ3v) is 5.33. The van der Waals surface area contributed by atoms with Gasteiger partial charge in [-0.1, -0.05) is 23.7 Å². The average Bonchev–Trinajstić information content (AvgIpc) is 2.93. The number of halogens is 1. The highest BCUT2D eigenvalue weighted by molar-refractivity contribution is 6.30. The van der Waals surface area contributed by atoms with Crippen LogP contribution in [0, 0.1) is 5.41 Å². The molecule has 0 spiro atoms. The number of carboxylic acid groups (broad SMARTS) is 2. The van der Waals surface area contributed by atoms with Gasteiger partial charge in [-0.25, -0.2) is 4.98 Å². The number of carbonyl (C=O) groups excluding carboxylic acids is 2. The summed E-state index contributed by atoms with van der Waals surface area (Å²) >= 11 is 5.83. The molecule has 2 aromatic carbocycles. The normalized spacial score (nSPS) is 9.90. The number of carbonyl (C=O) groups is 4. The number of aliphatic carboxylic acids is 2. The third-order valence-electron chi connectivity index (χ3n) is 5.11. The Morgan fingerprint density at radius 2 is 1.50 bits per heavy atom. The molecule has 210 valence electrons. The smallest absolute Gasteiger partial charge is 0.303 e. The lowest BCUT2D eigenvalue weighted by Crippen LogP contribution is -2.22. The fourth-order valence-electron chi connectivity index (χ4n) is 3.03. The van der Waals surface area contributed by atoms with Gasteiger partial charge in [0.05, 0.1) is 36.2 Å². The highest BCUT2D eigenvalue weighted by atomic mass is 35.5. The van der Waals surface area contributed by atoms with E-state index in [0.29, 0.717) is 39.2 Å². The number of anilines is 2. The molecule has 0 aliphatic rings. The van der Waals surface area contributed by atoms with Crippen molar-refractivity contribution in [3.8, 4) is 5.75 Å². The number of methoxy groups -OCH3 is 1. The molecule has 0 fully saturated rings. The van der Waals surface area contributed by atoms with Crippen molar-refractivity contribution in [3.63, 3.8) is 0 Å². The number of ether oxygens (including phenoxy) is 1. The van der Waals surface area contributed by atoms with E-state index in [9.17, 15) is 19.2 Å². The van der Waals surface area contributed by atoms with Crippen molar-refractivity contribution in [3.05, 3.63) is 82.5 Å². The van der Waals surface area contributed by atoms with E-state index >= 15 is 0 Å². The molecule has 0 aliphatic heterocycles. The lowest BCUT2D eigenvalue weighted by Gasteiger charge is -2.15. The van der Waals surface area contributed by atoms with Gasteiger partial charge in [-0.3, -0.25) is 24.6 Å². The first-order valence-corrected chi connectivity index (χ1v) is 12.0. The van der Waals surface area contributed by atoms with Crippen molar-refractivity contribution < 1.29 is 34.1 Å². The monoisotopic (exact) mass is 569 g/mol. The molecular weight excluding hydrogens is 542 g/mol. The molecule has 12 nitrogen and oxygen atoms in total. The van der Waals surface area contributed by atoms with Crippen molar-refractivity contribution in [2.24, 2.45) is 0 Å². The van der Waals surface area contributed by atoms with Crippen molar-refractivity contribution >= 4 is 52.7 Å². The zero-order valence-corrected chi connectivity index (χ0v) is 22.7. The largest absolute Gasteiger partial charge is 0.497 e. The van der Waals surface area contributed by atoms with Crippen molar-refractivity contribution in [2.45, 2.75) is 12.8 Å². The van der Waals surface area contributed by atoms with Crippen LogP contribution in [0.3, 0.4) is 0 Å². The van der Waals surface area contributed by atoms with Crippen LogP contribution in [0.25, 0.3) is 0 Å². The van der Waals surface area contributed by atoms with Gasteiger partial charge in [-0.2, -0.15) is 0 Å². The van der Waals surface area contributed by atoms with Gasteiger partial charge in [0.2, 0.25) is 0 Å². The molecule has 1 aromatic heterocycles. The number of benzene rings is 2. The second-order valence-corrected chi connectivity index (χ2v) is 8.73. The maximum Gasteiger partial charge on any atom is 0.303 e. The van der Waals surface area contributed by atoms with Crippen LogP contribution in [0.2, 0.25) is 5.02 Å². The summed E-state index contributed by atoms with van der Waals surface area (Å²) < 4.78 is 5.22. The van der Waals surface area contributed by atoms with Gasteiger partial charge in [0.1, 0.15) is 17.4 Å². The van der Waals surface area contributed by atoms with Gasteiger partial charge in [-0.15, -0.1) is 0 Å². The molecule has 0 saturated heterocycles. The Hall–Kier alpha value is -4.97. The van der Waals surface area contributed by atoms with Gasteiger partial charge >= 0.3 is 11.9 Å². The van der Waals surface area contributed by atoms with E-state index in [4.69, 9.17) is 32.0 Å². The zero-order valence-electron chi connectivity index (χ0n) is 21.9. The SMILES string of the molecule is COc1ccc(NC(=O)c2ccc(C(=N)N(C)C)cc2)c(C(=O)Nc2ccc(Cl)cn2)c1.O=C(O)CCC(=O)O. The summed E-state index contributed by atoms with van der Waals surface area (Å²) in [4.78, 5) is 50.7. The first-order chi connectivity index (χ1) is 18.9. The fraction of sp³-hybridized carbons (Fsp3) is 0.185. The minimum atomic E-state index is -1.08. The first-order valence-electron chi connectivity index (χ1n) is 11.6. The number of nitrogens with zero attached hydrogens (tertiary/aromatic N) is 2. The molecule has 3 rings (SSSR count). The van der Waals surface area contributed by atoms with Crippen molar-refractivity contribution in [1.29, 1.82) is 5.41 Å². The number of hydrogen-bond donors (Lipinski definition) is 5. The molecule has 0 unspecified atom stereocenters. The topological polar surface area (TPSA) is 182 Å². The Labute approximate surface area is 235 Å².